The van der Waals surface area contributed by atoms with E-state index in [1.807, 2.05) is 6.20 Å². The third-order valence-electron chi connectivity index (χ3n) is 6.35. The standard InChI is InChI=1S/C25H30N6/c1-18-6-3-8-23(27-18)24(28-21-10-11-22-20(14-21)15-26-29-22)17-31-13-4-7-19(16-31)25-9-5-12-30(25)2/h3-4,6-8,10-11,14-16,24-25,28H,5,9,12-13,17H2,1-2H3,(H,26,29). The average Bonchev–Trinajstić information content (AvgIpc) is 3.42. The lowest BCUT2D eigenvalue weighted by Gasteiger charge is -2.31. The number of aryl methyl sites for hydroxylation is 1. The van der Waals surface area contributed by atoms with Crippen molar-refractivity contribution in [2.45, 2.75) is 31.8 Å². The molecule has 2 atom stereocenters. The Morgan fingerprint density at radius 2 is 2.19 bits per heavy atom. The summed E-state index contributed by atoms with van der Waals surface area (Å²) < 4.78 is 0. The average molecular weight is 415 g/mol. The molecule has 5 rings (SSSR count). The van der Waals surface area contributed by atoms with Crippen molar-refractivity contribution in [3.63, 3.8) is 0 Å². The number of likely N-dealkylation sites (N-methyl/N-ethyl adjacent to an activating group) is 1. The number of nitrogens with zero attached hydrogens (tertiary/aromatic N) is 4. The summed E-state index contributed by atoms with van der Waals surface area (Å²) in [7, 11) is 2.23. The zero-order valence-corrected chi connectivity index (χ0v) is 18.3. The summed E-state index contributed by atoms with van der Waals surface area (Å²) in [6, 6.07) is 13.2. The van der Waals surface area contributed by atoms with Gasteiger partial charge >= 0.3 is 0 Å². The first-order chi connectivity index (χ1) is 15.2. The van der Waals surface area contributed by atoms with Crippen molar-refractivity contribution in [3.05, 3.63) is 77.9 Å². The van der Waals surface area contributed by atoms with Crippen molar-refractivity contribution < 1.29 is 0 Å². The number of likely N-dealkylation sites (tertiary alicyclic amines) is 1. The lowest BCUT2D eigenvalue weighted by Crippen LogP contribution is -2.33. The summed E-state index contributed by atoms with van der Waals surface area (Å²) in [6.45, 7) is 5.01. The quantitative estimate of drug-likeness (QED) is 0.631. The van der Waals surface area contributed by atoms with Crippen molar-refractivity contribution in [3.8, 4) is 0 Å². The molecule has 0 saturated carbocycles. The molecular weight excluding hydrogens is 384 g/mol. The van der Waals surface area contributed by atoms with Crippen molar-refractivity contribution >= 4 is 16.6 Å². The first-order valence-corrected chi connectivity index (χ1v) is 11.1. The number of pyridine rings is 1. The molecular formula is C25H30N6. The van der Waals surface area contributed by atoms with Gasteiger partial charge in [-0.15, -0.1) is 0 Å². The van der Waals surface area contributed by atoms with Crippen LogP contribution in [0.1, 0.15) is 30.3 Å². The Hall–Kier alpha value is -3.12. The number of hydrogen-bond donors (Lipinski definition) is 2. The van der Waals surface area contributed by atoms with E-state index in [9.17, 15) is 0 Å². The molecule has 0 spiro atoms. The number of rotatable bonds is 6. The van der Waals surface area contributed by atoms with Crippen LogP contribution in [0.25, 0.3) is 10.9 Å². The Labute approximate surface area is 183 Å². The van der Waals surface area contributed by atoms with Crippen LogP contribution in [0, 0.1) is 6.92 Å². The number of hydrogen-bond acceptors (Lipinski definition) is 5. The molecule has 1 fully saturated rings. The van der Waals surface area contributed by atoms with Crippen LogP contribution in [0.15, 0.2) is 66.5 Å². The monoisotopic (exact) mass is 414 g/mol. The van der Waals surface area contributed by atoms with Crippen LogP contribution in [-0.4, -0.2) is 57.7 Å². The molecule has 0 radical (unpaired) electrons. The van der Waals surface area contributed by atoms with Crippen LogP contribution < -0.4 is 5.32 Å². The van der Waals surface area contributed by atoms with Crippen molar-refractivity contribution in [2.75, 3.05) is 32.0 Å². The second-order valence-electron chi connectivity index (χ2n) is 8.70. The number of nitrogens with one attached hydrogen (secondary N) is 2. The first kappa shape index (κ1) is 19.8. The van der Waals surface area contributed by atoms with Gasteiger partial charge in [0.25, 0.3) is 0 Å². The van der Waals surface area contributed by atoms with E-state index in [-0.39, 0.29) is 6.04 Å². The van der Waals surface area contributed by atoms with E-state index in [2.05, 4.69) is 94.0 Å². The minimum Gasteiger partial charge on any atom is -0.375 e. The maximum absolute atomic E-state index is 4.84. The third-order valence-corrected chi connectivity index (χ3v) is 6.35. The maximum Gasteiger partial charge on any atom is 0.0860 e. The summed E-state index contributed by atoms with van der Waals surface area (Å²) in [4.78, 5) is 9.73. The van der Waals surface area contributed by atoms with Crippen molar-refractivity contribution in [1.82, 2.24) is 25.0 Å². The smallest absolute Gasteiger partial charge is 0.0860 e. The molecule has 0 bridgehead atoms. The molecule has 0 amide bonds. The van der Waals surface area contributed by atoms with E-state index in [0.717, 1.165) is 41.1 Å². The van der Waals surface area contributed by atoms with Crippen LogP contribution in [0.5, 0.6) is 0 Å². The molecule has 2 unspecified atom stereocenters. The number of fused-ring (bicyclic) bond motifs is 1. The minimum absolute atomic E-state index is 0.0783. The molecule has 6 nitrogen and oxygen atoms in total. The summed E-state index contributed by atoms with van der Waals surface area (Å²) in [6.07, 6.45) is 11.3. The predicted molar refractivity (Wildman–Crippen MR) is 126 cm³/mol. The number of anilines is 1. The Balaban J connectivity index is 1.40. The number of H-pyrrole nitrogens is 1. The summed E-state index contributed by atoms with van der Waals surface area (Å²) in [5.41, 5.74) is 5.65. The van der Waals surface area contributed by atoms with Crippen LogP contribution in [-0.2, 0) is 0 Å². The zero-order valence-electron chi connectivity index (χ0n) is 18.3. The van der Waals surface area contributed by atoms with Gasteiger partial charge in [-0.3, -0.25) is 15.0 Å². The van der Waals surface area contributed by atoms with Crippen molar-refractivity contribution in [1.29, 1.82) is 0 Å². The summed E-state index contributed by atoms with van der Waals surface area (Å²) in [5, 5.41) is 12.0. The first-order valence-electron chi connectivity index (χ1n) is 11.1. The highest BCUT2D eigenvalue weighted by molar-refractivity contribution is 5.81. The Bertz CT molecular complexity index is 1110. The molecule has 6 heteroatoms. The molecule has 31 heavy (non-hydrogen) atoms. The molecule has 1 aromatic carbocycles. The summed E-state index contributed by atoms with van der Waals surface area (Å²) in [5.74, 6) is 0. The van der Waals surface area contributed by atoms with E-state index < -0.39 is 0 Å². The molecule has 0 aliphatic carbocycles. The fourth-order valence-corrected chi connectivity index (χ4v) is 4.73. The summed E-state index contributed by atoms with van der Waals surface area (Å²) >= 11 is 0. The van der Waals surface area contributed by atoms with Crippen molar-refractivity contribution in [2.24, 2.45) is 0 Å². The van der Waals surface area contributed by atoms with E-state index >= 15 is 0 Å². The molecule has 160 valence electrons. The van der Waals surface area contributed by atoms with Crippen LogP contribution in [0.3, 0.4) is 0 Å². The van der Waals surface area contributed by atoms with Gasteiger partial charge in [-0.05, 0) is 69.3 Å². The van der Waals surface area contributed by atoms with Gasteiger partial charge in [-0.2, -0.15) is 5.10 Å². The van der Waals surface area contributed by atoms with Crippen LogP contribution in [0.4, 0.5) is 5.69 Å². The molecule has 2 aliphatic rings. The minimum atomic E-state index is 0.0783. The van der Waals surface area contributed by atoms with Gasteiger partial charge in [0, 0.05) is 42.1 Å². The van der Waals surface area contributed by atoms with Gasteiger partial charge in [-0.25, -0.2) is 0 Å². The second-order valence-corrected chi connectivity index (χ2v) is 8.70. The molecule has 2 N–H and O–H groups in total. The predicted octanol–water partition coefficient (Wildman–Crippen LogP) is 4.27. The molecule has 2 aliphatic heterocycles. The fraction of sp³-hybridized carbons (Fsp3) is 0.360. The molecule has 3 aromatic rings. The van der Waals surface area contributed by atoms with Gasteiger partial charge < -0.3 is 10.2 Å². The molecule has 4 heterocycles. The van der Waals surface area contributed by atoms with Gasteiger partial charge in [0.2, 0.25) is 0 Å². The highest BCUT2D eigenvalue weighted by atomic mass is 15.2. The zero-order chi connectivity index (χ0) is 21.2. The van der Waals surface area contributed by atoms with Gasteiger partial charge in [0.15, 0.2) is 0 Å². The highest BCUT2D eigenvalue weighted by Crippen LogP contribution is 2.27. The number of aromatic amines is 1. The normalized spacial score (nSPS) is 20.3. The lowest BCUT2D eigenvalue weighted by molar-refractivity contribution is 0.332. The van der Waals surface area contributed by atoms with Crippen LogP contribution in [0.2, 0.25) is 0 Å². The van der Waals surface area contributed by atoms with E-state index in [1.165, 1.54) is 25.0 Å². The van der Waals surface area contributed by atoms with Gasteiger partial charge in [-0.1, -0.05) is 18.2 Å². The maximum atomic E-state index is 4.84. The Kier molecular flexibility index (Phi) is 5.47. The van der Waals surface area contributed by atoms with Gasteiger partial charge in [0.05, 0.1) is 23.4 Å². The SMILES string of the molecule is Cc1cccc(C(CN2C=C(C3CCCN3C)C=CC2)Nc2ccc3[nH]ncc3c2)n1. The topological polar surface area (TPSA) is 60.1 Å². The van der Waals surface area contributed by atoms with Gasteiger partial charge in [0.1, 0.15) is 0 Å². The second kappa shape index (κ2) is 8.55. The van der Waals surface area contributed by atoms with E-state index in [1.54, 1.807) is 0 Å². The number of aromatic nitrogens is 3. The van der Waals surface area contributed by atoms with Crippen LogP contribution >= 0.6 is 0 Å². The Morgan fingerprint density at radius 3 is 3.03 bits per heavy atom. The Morgan fingerprint density at radius 1 is 1.26 bits per heavy atom. The van der Waals surface area contributed by atoms with E-state index in [4.69, 9.17) is 4.98 Å². The highest BCUT2D eigenvalue weighted by Gasteiger charge is 2.25. The fourth-order valence-electron chi connectivity index (χ4n) is 4.73. The molecule has 1 saturated heterocycles. The van der Waals surface area contributed by atoms with E-state index in [0.29, 0.717) is 6.04 Å². The number of benzene rings is 1. The largest absolute Gasteiger partial charge is 0.375 e. The molecule has 2 aromatic heterocycles. The third kappa shape index (κ3) is 4.35. The lowest BCUT2D eigenvalue weighted by atomic mass is 10.0.